The van der Waals surface area contributed by atoms with Crippen LogP contribution in [0.1, 0.15) is 10.4 Å². The van der Waals surface area contributed by atoms with Crippen LogP contribution in [0.4, 0.5) is 0 Å². The number of nitrogens with two attached hydrogens (primary N) is 1. The van der Waals surface area contributed by atoms with E-state index in [1.165, 1.54) is 14.2 Å². The van der Waals surface area contributed by atoms with Crippen molar-refractivity contribution in [3.05, 3.63) is 29.8 Å². The predicted molar refractivity (Wildman–Crippen MR) is 63.4 cm³/mol. The number of carbonyl (C=O) groups is 1. The molecule has 1 aromatic heterocycles. The van der Waals surface area contributed by atoms with Crippen LogP contribution in [0.3, 0.4) is 0 Å². The van der Waals surface area contributed by atoms with Gasteiger partial charge in [0.15, 0.2) is 0 Å². The van der Waals surface area contributed by atoms with Crippen molar-refractivity contribution in [2.75, 3.05) is 14.2 Å². The van der Waals surface area contributed by atoms with Crippen molar-refractivity contribution < 1.29 is 14.3 Å². The second-order valence-electron chi connectivity index (χ2n) is 3.41. The Morgan fingerprint density at radius 3 is 2.53 bits per heavy atom. The molecule has 17 heavy (non-hydrogen) atoms. The Labute approximate surface area is 98.2 Å². The fraction of sp³-hybridized carbons (Fsp3) is 0.167. The predicted octanol–water partition coefficient (Wildman–Crippen LogP) is 1.35. The number of ether oxygens (including phenoxy) is 2. The highest BCUT2D eigenvalue weighted by Crippen LogP contribution is 2.33. The normalized spacial score (nSPS) is 10.2. The molecule has 0 fully saturated rings. The molecule has 0 aliphatic rings. The fourth-order valence-corrected chi connectivity index (χ4v) is 1.74. The van der Waals surface area contributed by atoms with E-state index < -0.39 is 5.91 Å². The van der Waals surface area contributed by atoms with Gasteiger partial charge in [0.25, 0.3) is 5.91 Å². The van der Waals surface area contributed by atoms with E-state index in [9.17, 15) is 4.79 Å². The van der Waals surface area contributed by atoms with Crippen molar-refractivity contribution in [3.8, 4) is 11.6 Å². The SMILES string of the molecule is COc1nc2ccccc2c(OC)c1C(N)=O. The highest BCUT2D eigenvalue weighted by Gasteiger charge is 2.20. The Kier molecular flexibility index (Phi) is 2.82. The molecule has 1 heterocycles. The van der Waals surface area contributed by atoms with Crippen LogP contribution in [-0.4, -0.2) is 25.1 Å². The molecule has 1 amide bonds. The van der Waals surface area contributed by atoms with Crippen LogP contribution >= 0.6 is 0 Å². The minimum atomic E-state index is -0.628. The van der Waals surface area contributed by atoms with Gasteiger partial charge >= 0.3 is 0 Å². The average Bonchev–Trinajstić information content (AvgIpc) is 2.35. The minimum absolute atomic E-state index is 0.161. The van der Waals surface area contributed by atoms with Crippen molar-refractivity contribution in [2.24, 2.45) is 5.73 Å². The highest BCUT2D eigenvalue weighted by molar-refractivity contribution is 6.04. The van der Waals surface area contributed by atoms with E-state index in [1.807, 2.05) is 24.3 Å². The molecule has 5 heteroatoms. The molecule has 5 nitrogen and oxygen atoms in total. The zero-order valence-electron chi connectivity index (χ0n) is 9.56. The number of fused-ring (bicyclic) bond motifs is 1. The largest absolute Gasteiger partial charge is 0.495 e. The number of aromatic nitrogens is 1. The topological polar surface area (TPSA) is 74.4 Å². The molecule has 0 unspecified atom stereocenters. The maximum absolute atomic E-state index is 11.4. The minimum Gasteiger partial charge on any atom is -0.495 e. The molecule has 0 atom stereocenters. The van der Waals surface area contributed by atoms with Gasteiger partial charge < -0.3 is 15.2 Å². The first-order valence-electron chi connectivity index (χ1n) is 4.99. The van der Waals surface area contributed by atoms with Crippen molar-refractivity contribution in [1.82, 2.24) is 4.98 Å². The van der Waals surface area contributed by atoms with Crippen molar-refractivity contribution in [1.29, 1.82) is 0 Å². The summed E-state index contributed by atoms with van der Waals surface area (Å²) in [5.41, 5.74) is 6.17. The number of pyridine rings is 1. The van der Waals surface area contributed by atoms with Gasteiger partial charge in [0.05, 0.1) is 19.7 Å². The Bertz CT molecular complexity index is 581. The third-order valence-corrected chi connectivity index (χ3v) is 2.46. The zero-order valence-corrected chi connectivity index (χ0v) is 9.56. The van der Waals surface area contributed by atoms with Crippen LogP contribution in [0.25, 0.3) is 10.9 Å². The number of para-hydroxylation sites is 1. The lowest BCUT2D eigenvalue weighted by Crippen LogP contribution is -2.15. The number of methoxy groups -OCH3 is 2. The summed E-state index contributed by atoms with van der Waals surface area (Å²) in [6.07, 6.45) is 0. The van der Waals surface area contributed by atoms with Crippen LogP contribution in [0.15, 0.2) is 24.3 Å². The van der Waals surface area contributed by atoms with Crippen molar-refractivity contribution in [2.45, 2.75) is 0 Å². The molecule has 0 saturated carbocycles. The van der Waals surface area contributed by atoms with Crippen LogP contribution in [-0.2, 0) is 0 Å². The lowest BCUT2D eigenvalue weighted by molar-refractivity contribution is 0.0994. The van der Waals surface area contributed by atoms with Gasteiger partial charge in [0, 0.05) is 5.39 Å². The van der Waals surface area contributed by atoms with Gasteiger partial charge in [-0.3, -0.25) is 4.79 Å². The lowest BCUT2D eigenvalue weighted by Gasteiger charge is -2.12. The van der Waals surface area contributed by atoms with Gasteiger partial charge in [-0.25, -0.2) is 4.98 Å². The Balaban J connectivity index is 2.89. The van der Waals surface area contributed by atoms with Crippen LogP contribution in [0.2, 0.25) is 0 Å². The summed E-state index contributed by atoms with van der Waals surface area (Å²) in [7, 11) is 2.91. The zero-order chi connectivity index (χ0) is 12.4. The molecule has 0 radical (unpaired) electrons. The molecule has 0 spiro atoms. The van der Waals surface area contributed by atoms with Gasteiger partial charge in [0.1, 0.15) is 11.3 Å². The maximum atomic E-state index is 11.4. The molecule has 2 aromatic rings. The van der Waals surface area contributed by atoms with E-state index in [1.54, 1.807) is 0 Å². The number of amides is 1. The van der Waals surface area contributed by atoms with E-state index in [2.05, 4.69) is 4.98 Å². The summed E-state index contributed by atoms with van der Waals surface area (Å²) in [6, 6.07) is 7.31. The van der Waals surface area contributed by atoms with Gasteiger partial charge in [-0.05, 0) is 12.1 Å². The lowest BCUT2D eigenvalue weighted by atomic mass is 10.1. The first-order chi connectivity index (χ1) is 8.19. The fourth-order valence-electron chi connectivity index (χ4n) is 1.74. The van der Waals surface area contributed by atoms with Crippen LogP contribution < -0.4 is 15.2 Å². The molecule has 0 bridgehead atoms. The first-order valence-corrected chi connectivity index (χ1v) is 4.99. The standard InChI is InChI=1S/C12H12N2O3/c1-16-10-7-5-3-4-6-8(7)14-12(17-2)9(10)11(13)15/h3-6H,1-2H3,(H2,13,15). The molecule has 1 aromatic carbocycles. The number of carbonyl (C=O) groups excluding carboxylic acids is 1. The van der Waals surface area contributed by atoms with E-state index in [4.69, 9.17) is 15.2 Å². The second-order valence-corrected chi connectivity index (χ2v) is 3.41. The van der Waals surface area contributed by atoms with E-state index in [-0.39, 0.29) is 11.4 Å². The molecule has 88 valence electrons. The molecule has 0 saturated heterocycles. The first kappa shape index (κ1) is 11.2. The third-order valence-electron chi connectivity index (χ3n) is 2.46. The second kappa shape index (κ2) is 4.29. The summed E-state index contributed by atoms with van der Waals surface area (Å²) in [5, 5.41) is 0.726. The molecule has 2 rings (SSSR count). The third kappa shape index (κ3) is 1.75. The van der Waals surface area contributed by atoms with Crippen molar-refractivity contribution in [3.63, 3.8) is 0 Å². The molecule has 2 N–H and O–H groups in total. The molecular formula is C12H12N2O3. The van der Waals surface area contributed by atoms with Crippen LogP contribution in [0, 0.1) is 0 Å². The highest BCUT2D eigenvalue weighted by atomic mass is 16.5. The van der Waals surface area contributed by atoms with Gasteiger partial charge in [-0.1, -0.05) is 12.1 Å². The molecule has 0 aliphatic heterocycles. The number of hydrogen-bond acceptors (Lipinski definition) is 4. The maximum Gasteiger partial charge on any atom is 0.258 e. The summed E-state index contributed by atoms with van der Waals surface area (Å²) in [5.74, 6) is -0.0649. The van der Waals surface area contributed by atoms with E-state index in [0.717, 1.165) is 5.39 Å². The number of benzene rings is 1. The molecule has 0 aliphatic carbocycles. The summed E-state index contributed by atoms with van der Waals surface area (Å²) in [6.45, 7) is 0. The summed E-state index contributed by atoms with van der Waals surface area (Å²) in [4.78, 5) is 15.6. The monoisotopic (exact) mass is 232 g/mol. The van der Waals surface area contributed by atoms with Crippen molar-refractivity contribution >= 4 is 16.8 Å². The number of primary amides is 1. The summed E-state index contributed by atoms with van der Waals surface area (Å²) >= 11 is 0. The van der Waals surface area contributed by atoms with Gasteiger partial charge in [0.2, 0.25) is 5.88 Å². The van der Waals surface area contributed by atoms with Gasteiger partial charge in [-0.2, -0.15) is 0 Å². The Hall–Kier alpha value is -2.30. The van der Waals surface area contributed by atoms with E-state index >= 15 is 0 Å². The average molecular weight is 232 g/mol. The van der Waals surface area contributed by atoms with Crippen LogP contribution in [0.5, 0.6) is 11.6 Å². The Morgan fingerprint density at radius 2 is 1.94 bits per heavy atom. The number of hydrogen-bond donors (Lipinski definition) is 1. The smallest absolute Gasteiger partial charge is 0.258 e. The quantitative estimate of drug-likeness (QED) is 0.866. The molecular weight excluding hydrogens is 220 g/mol. The number of rotatable bonds is 3. The van der Waals surface area contributed by atoms with Gasteiger partial charge in [-0.15, -0.1) is 0 Å². The number of nitrogens with zero attached hydrogens (tertiary/aromatic N) is 1. The summed E-state index contributed by atoms with van der Waals surface area (Å²) < 4.78 is 10.3. The Morgan fingerprint density at radius 1 is 1.24 bits per heavy atom. The van der Waals surface area contributed by atoms with E-state index in [0.29, 0.717) is 11.3 Å².